The Morgan fingerprint density at radius 1 is 0.941 bits per heavy atom. The van der Waals surface area contributed by atoms with Gasteiger partial charge in [-0.05, 0) is 80.9 Å². The molecule has 4 aromatic rings. The number of nitrogens with one attached hydrogen (secondary N) is 2. The Labute approximate surface area is 197 Å². The largest absolute Gasteiger partial charge is 0.322 e. The molecule has 0 atom stereocenters. The minimum atomic E-state index is -4.08. The van der Waals surface area contributed by atoms with Crippen LogP contribution in [0.2, 0.25) is 0 Å². The molecule has 174 valence electrons. The summed E-state index contributed by atoms with van der Waals surface area (Å²) in [7, 11) is -4.08. The molecule has 0 aliphatic heterocycles. The van der Waals surface area contributed by atoms with Crippen molar-refractivity contribution in [1.82, 2.24) is 9.78 Å². The van der Waals surface area contributed by atoms with Crippen LogP contribution in [-0.4, -0.2) is 24.1 Å². The van der Waals surface area contributed by atoms with Crippen LogP contribution in [0.25, 0.3) is 5.69 Å². The number of halogens is 1. The van der Waals surface area contributed by atoms with Crippen LogP contribution >= 0.6 is 0 Å². The molecule has 0 radical (unpaired) electrons. The second kappa shape index (κ2) is 9.11. The van der Waals surface area contributed by atoms with Gasteiger partial charge in [0, 0.05) is 16.9 Å². The molecule has 0 spiro atoms. The summed E-state index contributed by atoms with van der Waals surface area (Å²) in [6, 6.07) is 18.9. The van der Waals surface area contributed by atoms with Gasteiger partial charge in [-0.15, -0.1) is 0 Å². The van der Waals surface area contributed by atoms with E-state index in [1.165, 1.54) is 30.3 Å². The topological polar surface area (TPSA) is 93.1 Å². The first-order valence-electron chi connectivity index (χ1n) is 10.5. The van der Waals surface area contributed by atoms with Gasteiger partial charge >= 0.3 is 0 Å². The highest BCUT2D eigenvalue weighted by Gasteiger charge is 2.20. The number of anilines is 2. The van der Waals surface area contributed by atoms with Crippen LogP contribution in [0.1, 0.15) is 27.3 Å². The third-order valence-electron chi connectivity index (χ3n) is 5.24. The maximum atomic E-state index is 13.9. The molecule has 0 bridgehead atoms. The number of nitrogens with zero attached hydrogens (tertiary/aromatic N) is 2. The number of hydrogen-bond acceptors (Lipinski definition) is 4. The summed E-state index contributed by atoms with van der Waals surface area (Å²) >= 11 is 0. The number of sulfonamides is 1. The fourth-order valence-corrected chi connectivity index (χ4v) is 4.90. The van der Waals surface area contributed by atoms with Gasteiger partial charge in [0.25, 0.3) is 15.9 Å². The average molecular weight is 479 g/mol. The van der Waals surface area contributed by atoms with Gasteiger partial charge in [0.15, 0.2) is 0 Å². The van der Waals surface area contributed by atoms with Crippen LogP contribution in [0.4, 0.5) is 15.8 Å². The molecule has 1 aromatic heterocycles. The van der Waals surface area contributed by atoms with E-state index in [0.717, 1.165) is 17.1 Å². The van der Waals surface area contributed by atoms with Crippen molar-refractivity contribution in [1.29, 1.82) is 0 Å². The highest BCUT2D eigenvalue weighted by molar-refractivity contribution is 7.92. The fourth-order valence-electron chi connectivity index (χ4n) is 3.56. The smallest absolute Gasteiger partial charge is 0.262 e. The van der Waals surface area contributed by atoms with Crippen molar-refractivity contribution in [2.75, 3.05) is 10.0 Å². The standard InChI is InChI=1S/C25H23FN4O3S/c1-16-8-11-20(15-24(16)34(32,33)29-23-7-5-4-6-22(23)26)27-25(31)19-9-12-21(13-10-19)30-18(3)14-17(2)28-30/h4-15,29H,1-3H3,(H,27,31). The lowest BCUT2D eigenvalue weighted by molar-refractivity contribution is 0.102. The number of hydrogen-bond donors (Lipinski definition) is 2. The van der Waals surface area contributed by atoms with Crippen LogP contribution in [0.5, 0.6) is 0 Å². The Morgan fingerprint density at radius 2 is 1.65 bits per heavy atom. The lowest BCUT2D eigenvalue weighted by Crippen LogP contribution is -2.17. The molecular formula is C25H23FN4O3S. The minimum Gasteiger partial charge on any atom is -0.322 e. The molecule has 0 aliphatic carbocycles. The summed E-state index contributed by atoms with van der Waals surface area (Å²) in [5.41, 5.74) is 3.70. The normalized spacial score (nSPS) is 11.3. The molecule has 1 heterocycles. The molecule has 34 heavy (non-hydrogen) atoms. The predicted molar refractivity (Wildman–Crippen MR) is 129 cm³/mol. The van der Waals surface area contributed by atoms with Crippen molar-refractivity contribution in [2.45, 2.75) is 25.7 Å². The molecular weight excluding hydrogens is 455 g/mol. The van der Waals surface area contributed by atoms with E-state index < -0.39 is 21.7 Å². The molecule has 1 amide bonds. The number of carbonyl (C=O) groups is 1. The number of benzene rings is 3. The number of aromatic nitrogens is 2. The molecule has 2 N–H and O–H groups in total. The van der Waals surface area contributed by atoms with E-state index in [1.54, 1.807) is 48.0 Å². The third kappa shape index (κ3) is 4.84. The van der Waals surface area contributed by atoms with Crippen molar-refractivity contribution in [3.63, 3.8) is 0 Å². The van der Waals surface area contributed by atoms with Gasteiger partial charge in [0.1, 0.15) is 5.82 Å². The molecule has 0 saturated carbocycles. The van der Waals surface area contributed by atoms with Crippen molar-refractivity contribution >= 4 is 27.3 Å². The summed E-state index contributed by atoms with van der Waals surface area (Å²) < 4.78 is 43.8. The number of rotatable bonds is 6. The van der Waals surface area contributed by atoms with Crippen LogP contribution in [-0.2, 0) is 10.0 Å². The van der Waals surface area contributed by atoms with Crippen molar-refractivity contribution in [3.8, 4) is 5.69 Å². The highest BCUT2D eigenvalue weighted by Crippen LogP contribution is 2.24. The van der Waals surface area contributed by atoms with Crippen molar-refractivity contribution in [2.24, 2.45) is 0 Å². The molecule has 0 aliphatic rings. The van der Waals surface area contributed by atoms with E-state index in [9.17, 15) is 17.6 Å². The number of amides is 1. The van der Waals surface area contributed by atoms with Gasteiger partial charge in [-0.1, -0.05) is 18.2 Å². The first-order valence-corrected chi connectivity index (χ1v) is 12.0. The highest BCUT2D eigenvalue weighted by atomic mass is 32.2. The van der Waals surface area contributed by atoms with Gasteiger partial charge in [-0.2, -0.15) is 5.10 Å². The van der Waals surface area contributed by atoms with E-state index in [4.69, 9.17) is 0 Å². The predicted octanol–water partition coefficient (Wildman–Crippen LogP) is 4.99. The first-order chi connectivity index (χ1) is 16.1. The fraction of sp³-hybridized carbons (Fsp3) is 0.120. The Morgan fingerprint density at radius 3 is 2.29 bits per heavy atom. The maximum absolute atomic E-state index is 13.9. The third-order valence-corrected chi connectivity index (χ3v) is 6.74. The van der Waals surface area contributed by atoms with Crippen LogP contribution in [0.15, 0.2) is 77.7 Å². The van der Waals surface area contributed by atoms with E-state index in [-0.39, 0.29) is 10.6 Å². The Bertz CT molecular complexity index is 1480. The lowest BCUT2D eigenvalue weighted by Gasteiger charge is -2.13. The molecule has 9 heteroatoms. The molecule has 0 saturated heterocycles. The van der Waals surface area contributed by atoms with Gasteiger partial charge in [0.2, 0.25) is 0 Å². The first kappa shape index (κ1) is 23.2. The second-order valence-corrected chi connectivity index (χ2v) is 9.56. The summed E-state index contributed by atoms with van der Waals surface area (Å²) in [6.45, 7) is 5.48. The monoisotopic (exact) mass is 478 g/mol. The summed E-state index contributed by atoms with van der Waals surface area (Å²) in [5.74, 6) is -1.08. The van der Waals surface area contributed by atoms with E-state index in [1.807, 2.05) is 19.9 Å². The van der Waals surface area contributed by atoms with Gasteiger partial charge in [-0.3, -0.25) is 9.52 Å². The zero-order chi connectivity index (χ0) is 24.5. The molecule has 0 fully saturated rings. The SMILES string of the molecule is Cc1cc(C)n(-c2ccc(C(=O)Nc3ccc(C)c(S(=O)(=O)Nc4ccccc4F)c3)cc2)n1. The van der Waals surface area contributed by atoms with Crippen LogP contribution in [0, 0.1) is 26.6 Å². The summed E-state index contributed by atoms with van der Waals surface area (Å²) in [5, 5.41) is 7.15. The maximum Gasteiger partial charge on any atom is 0.262 e. The van der Waals surface area contributed by atoms with Crippen LogP contribution in [0.3, 0.4) is 0 Å². The van der Waals surface area contributed by atoms with E-state index in [0.29, 0.717) is 16.8 Å². The Kier molecular flexibility index (Phi) is 6.21. The molecule has 3 aromatic carbocycles. The van der Waals surface area contributed by atoms with Gasteiger partial charge < -0.3 is 5.32 Å². The zero-order valence-electron chi connectivity index (χ0n) is 18.8. The number of aryl methyl sites for hydroxylation is 3. The Balaban J connectivity index is 1.54. The minimum absolute atomic E-state index is 0.0616. The molecule has 4 rings (SSSR count). The summed E-state index contributed by atoms with van der Waals surface area (Å²) in [4.78, 5) is 12.7. The number of carbonyl (C=O) groups excluding carboxylic acids is 1. The lowest BCUT2D eigenvalue weighted by atomic mass is 10.1. The quantitative estimate of drug-likeness (QED) is 0.408. The van der Waals surface area contributed by atoms with Crippen LogP contribution < -0.4 is 10.0 Å². The zero-order valence-corrected chi connectivity index (χ0v) is 19.7. The van der Waals surface area contributed by atoms with Gasteiger partial charge in [0.05, 0.1) is 22.0 Å². The molecule has 7 nitrogen and oxygen atoms in total. The van der Waals surface area contributed by atoms with E-state index >= 15 is 0 Å². The molecule has 0 unspecified atom stereocenters. The number of para-hydroxylation sites is 1. The van der Waals surface area contributed by atoms with E-state index in [2.05, 4.69) is 15.1 Å². The van der Waals surface area contributed by atoms with Crippen molar-refractivity contribution < 1.29 is 17.6 Å². The average Bonchev–Trinajstić information content (AvgIpc) is 3.14. The summed E-state index contributed by atoms with van der Waals surface area (Å²) in [6.07, 6.45) is 0. The Hall–Kier alpha value is -3.98. The van der Waals surface area contributed by atoms with Crippen molar-refractivity contribution in [3.05, 3.63) is 101 Å². The van der Waals surface area contributed by atoms with Gasteiger partial charge in [-0.25, -0.2) is 17.5 Å². The second-order valence-electron chi connectivity index (χ2n) is 7.91.